The third-order valence-electron chi connectivity index (χ3n) is 5.80. The van der Waals surface area contributed by atoms with Crippen molar-refractivity contribution in [2.45, 2.75) is 57.5 Å². The molecule has 0 spiro atoms. The summed E-state index contributed by atoms with van der Waals surface area (Å²) in [7, 11) is 0. The van der Waals surface area contributed by atoms with Crippen molar-refractivity contribution in [2.75, 3.05) is 5.32 Å². The maximum Gasteiger partial charge on any atom is 0.326 e. The first-order valence-electron chi connectivity index (χ1n) is 11.2. The first kappa shape index (κ1) is 20.1. The largest absolute Gasteiger partial charge is 0.493 e. The van der Waals surface area contributed by atoms with Crippen LogP contribution in [-0.4, -0.2) is 45.7 Å². The maximum absolute atomic E-state index is 11.5. The fourth-order valence-electron chi connectivity index (χ4n) is 3.97. The van der Waals surface area contributed by atoms with Gasteiger partial charge in [-0.2, -0.15) is 19.6 Å². The number of hydrogen-bond acceptors (Lipinski definition) is 9. The third-order valence-corrected chi connectivity index (χ3v) is 6.95. The van der Waals surface area contributed by atoms with Gasteiger partial charge in [-0.25, -0.2) is 14.8 Å². The van der Waals surface area contributed by atoms with Gasteiger partial charge in [0, 0.05) is 10.1 Å². The van der Waals surface area contributed by atoms with Gasteiger partial charge in [0.2, 0.25) is 11.8 Å². The highest BCUT2D eigenvalue weighted by Gasteiger charge is 2.21. The highest BCUT2D eigenvalue weighted by molar-refractivity contribution is 7.11. The monoisotopic (exact) mass is 465 g/mol. The van der Waals surface area contributed by atoms with Gasteiger partial charge in [0.25, 0.3) is 5.62 Å². The van der Waals surface area contributed by atoms with Crippen LogP contribution in [-0.2, 0) is 19.4 Å². The van der Waals surface area contributed by atoms with Gasteiger partial charge in [-0.05, 0) is 44.6 Å². The number of nitrogens with one attached hydrogen (secondary N) is 3. The number of aryl methyl sites for hydroxylation is 2. The van der Waals surface area contributed by atoms with Crippen molar-refractivity contribution in [3.8, 4) is 5.88 Å². The lowest BCUT2D eigenvalue weighted by Gasteiger charge is -2.03. The number of fused-ring (bicyclic) bond motifs is 2. The smallest absolute Gasteiger partial charge is 0.326 e. The number of nitrogens with zero attached hydrogens (tertiary/aromatic N) is 6. The summed E-state index contributed by atoms with van der Waals surface area (Å²) in [6, 6.07) is 0.257. The Morgan fingerprint density at radius 2 is 2.09 bits per heavy atom. The number of rotatable bonds is 5. The summed E-state index contributed by atoms with van der Waals surface area (Å²) in [5.74, 6) is 0.201. The topological polar surface area (TPSA) is 149 Å². The fourth-order valence-corrected chi connectivity index (χ4v) is 5.07. The van der Waals surface area contributed by atoms with E-state index in [0.717, 1.165) is 30.7 Å². The van der Waals surface area contributed by atoms with E-state index in [0.29, 0.717) is 29.0 Å². The number of hydrogen-bond donors (Lipinski definition) is 4. The number of thiazole rings is 1. The van der Waals surface area contributed by atoms with Gasteiger partial charge >= 0.3 is 5.69 Å². The zero-order valence-corrected chi connectivity index (χ0v) is 18.7. The van der Waals surface area contributed by atoms with E-state index in [9.17, 15) is 9.90 Å². The Balaban J connectivity index is 1.37. The van der Waals surface area contributed by atoms with Crippen molar-refractivity contribution in [3.63, 3.8) is 0 Å². The van der Waals surface area contributed by atoms with Gasteiger partial charge in [0.05, 0.1) is 24.5 Å². The number of anilines is 1. The molecular weight excluding hydrogens is 442 g/mol. The number of imidazole rings is 1. The van der Waals surface area contributed by atoms with Crippen molar-refractivity contribution >= 4 is 29.0 Å². The van der Waals surface area contributed by atoms with Crippen LogP contribution in [0.4, 0.5) is 5.95 Å². The van der Waals surface area contributed by atoms with E-state index in [1.165, 1.54) is 29.8 Å². The SMILES string of the molecule is O=c1[nH]c(O)c(/C=c2\cnn3c(=NC4CC4)nc(NCc4nc5c(s4)CCCCC5)nc23)[nH]1. The number of aromatic hydroxyl groups is 1. The first-order chi connectivity index (χ1) is 16.1. The van der Waals surface area contributed by atoms with Crippen LogP contribution in [0, 0.1) is 0 Å². The molecule has 0 aliphatic heterocycles. The molecule has 12 heteroatoms. The molecule has 2 aliphatic rings. The van der Waals surface area contributed by atoms with E-state index in [-0.39, 0.29) is 17.6 Å². The number of aromatic amines is 2. The second-order valence-electron chi connectivity index (χ2n) is 8.42. The molecule has 0 unspecified atom stereocenters. The Kier molecular flexibility index (Phi) is 4.93. The Labute approximate surface area is 191 Å². The predicted octanol–water partition coefficient (Wildman–Crippen LogP) is 0.795. The Morgan fingerprint density at radius 1 is 1.21 bits per heavy atom. The molecule has 4 heterocycles. The molecule has 170 valence electrons. The number of H-pyrrole nitrogens is 2. The first-order valence-corrected chi connectivity index (χ1v) is 12.0. The zero-order valence-electron chi connectivity index (χ0n) is 17.8. The van der Waals surface area contributed by atoms with Crippen molar-refractivity contribution in [1.29, 1.82) is 0 Å². The van der Waals surface area contributed by atoms with Crippen molar-refractivity contribution in [1.82, 2.24) is 34.5 Å². The predicted molar refractivity (Wildman–Crippen MR) is 122 cm³/mol. The van der Waals surface area contributed by atoms with E-state index in [4.69, 9.17) is 4.98 Å². The van der Waals surface area contributed by atoms with Crippen molar-refractivity contribution in [2.24, 2.45) is 4.99 Å². The van der Waals surface area contributed by atoms with Gasteiger partial charge in [-0.3, -0.25) is 4.98 Å². The average Bonchev–Trinajstić information content (AvgIpc) is 3.35. The molecule has 33 heavy (non-hydrogen) atoms. The minimum atomic E-state index is -0.488. The zero-order chi connectivity index (χ0) is 22.4. The van der Waals surface area contributed by atoms with Gasteiger partial charge in [-0.15, -0.1) is 11.3 Å². The number of aromatic nitrogens is 7. The third kappa shape index (κ3) is 4.13. The maximum atomic E-state index is 11.5. The Hall–Kier alpha value is -3.54. The lowest BCUT2D eigenvalue weighted by atomic mass is 10.2. The molecule has 0 aromatic carbocycles. The second kappa shape index (κ2) is 8.10. The second-order valence-corrected chi connectivity index (χ2v) is 9.59. The molecule has 0 atom stereocenters. The summed E-state index contributed by atoms with van der Waals surface area (Å²) in [6.45, 7) is 0.538. The summed E-state index contributed by atoms with van der Waals surface area (Å²) >= 11 is 1.77. The summed E-state index contributed by atoms with van der Waals surface area (Å²) in [6.07, 6.45) is 11.2. The van der Waals surface area contributed by atoms with Crippen LogP contribution < -0.4 is 21.8 Å². The van der Waals surface area contributed by atoms with Gasteiger partial charge in [0.1, 0.15) is 10.7 Å². The van der Waals surface area contributed by atoms with Gasteiger partial charge in [0.15, 0.2) is 5.65 Å². The van der Waals surface area contributed by atoms with Crippen LogP contribution in [0.25, 0.3) is 11.7 Å². The lowest BCUT2D eigenvalue weighted by Crippen LogP contribution is -2.24. The van der Waals surface area contributed by atoms with E-state index in [1.54, 1.807) is 28.1 Å². The molecule has 11 nitrogen and oxygen atoms in total. The molecule has 4 aromatic heterocycles. The molecule has 0 bridgehead atoms. The van der Waals surface area contributed by atoms with Gasteiger partial charge in [-0.1, -0.05) is 6.42 Å². The molecule has 0 saturated heterocycles. The normalized spacial score (nSPS) is 17.5. The van der Waals surface area contributed by atoms with Gasteiger partial charge < -0.3 is 15.4 Å². The molecular formula is C21H23N9O2S. The fraction of sp³-hybridized carbons (Fsp3) is 0.429. The van der Waals surface area contributed by atoms with E-state index in [2.05, 4.69) is 35.3 Å². The van der Waals surface area contributed by atoms with Crippen molar-refractivity contribution in [3.05, 3.63) is 48.8 Å². The van der Waals surface area contributed by atoms with Crippen LogP contribution in [0.1, 0.15) is 53.4 Å². The minimum Gasteiger partial charge on any atom is -0.493 e. The molecule has 6 rings (SSSR count). The summed E-state index contributed by atoms with van der Waals surface area (Å²) in [5.41, 5.74) is 2.02. The van der Waals surface area contributed by atoms with E-state index < -0.39 is 5.69 Å². The summed E-state index contributed by atoms with van der Waals surface area (Å²) in [5, 5.41) is 19.3. The molecule has 4 N–H and O–H groups in total. The molecule has 1 fully saturated rings. The van der Waals surface area contributed by atoms with E-state index >= 15 is 0 Å². The Morgan fingerprint density at radius 3 is 2.91 bits per heavy atom. The molecule has 0 amide bonds. The minimum absolute atomic E-state index is 0.238. The Bertz CT molecular complexity index is 1490. The molecule has 1 saturated carbocycles. The highest BCUT2D eigenvalue weighted by Crippen LogP contribution is 2.26. The summed E-state index contributed by atoms with van der Waals surface area (Å²) < 4.78 is 1.59. The standard InChI is InChI=1S/C21H23N9O2S/c31-18-14(26-21(32)28-18)8-11-9-23-30-17(11)27-19(29-20(30)24-12-6-7-12)22-10-16-25-13-4-2-1-3-5-15(13)33-16/h8-9,12,31H,1-7,10H2,(H,22,24,29)(H2,26,28,32)/b11-8+. The molecule has 0 radical (unpaired) electrons. The van der Waals surface area contributed by atoms with Crippen LogP contribution in [0.5, 0.6) is 5.88 Å². The van der Waals surface area contributed by atoms with Crippen LogP contribution in [0.15, 0.2) is 16.0 Å². The van der Waals surface area contributed by atoms with Crippen LogP contribution in [0.2, 0.25) is 0 Å². The molecule has 2 aliphatic carbocycles. The van der Waals surface area contributed by atoms with Crippen molar-refractivity contribution < 1.29 is 5.11 Å². The van der Waals surface area contributed by atoms with E-state index in [1.807, 2.05) is 0 Å². The quantitative estimate of drug-likeness (QED) is 0.318. The van der Waals surface area contributed by atoms with Crippen LogP contribution in [0.3, 0.4) is 0 Å². The lowest BCUT2D eigenvalue weighted by molar-refractivity contribution is 0.454. The van der Waals surface area contributed by atoms with Crippen LogP contribution >= 0.6 is 11.3 Å². The summed E-state index contributed by atoms with van der Waals surface area (Å²) in [4.78, 5) is 36.5. The average molecular weight is 466 g/mol. The highest BCUT2D eigenvalue weighted by atomic mass is 32.1. The molecule has 4 aromatic rings.